The van der Waals surface area contributed by atoms with Crippen molar-refractivity contribution in [2.45, 2.75) is 19.1 Å². The van der Waals surface area contributed by atoms with Gasteiger partial charge < -0.3 is 15.8 Å². The molecule has 28 heavy (non-hydrogen) atoms. The first-order valence-corrected chi connectivity index (χ1v) is 9.74. The lowest BCUT2D eigenvalue weighted by Crippen LogP contribution is -2.34. The van der Waals surface area contributed by atoms with Crippen LogP contribution in [0.3, 0.4) is 0 Å². The van der Waals surface area contributed by atoms with Gasteiger partial charge in [0.25, 0.3) is 0 Å². The zero-order chi connectivity index (χ0) is 19.9. The van der Waals surface area contributed by atoms with E-state index in [0.29, 0.717) is 16.3 Å². The summed E-state index contributed by atoms with van der Waals surface area (Å²) < 4.78 is 5.32. The van der Waals surface area contributed by atoms with Crippen LogP contribution in [0.4, 0.5) is 4.79 Å². The Morgan fingerprint density at radius 3 is 2.54 bits per heavy atom. The molecule has 0 bridgehead atoms. The molecule has 0 aliphatic carbocycles. The molecule has 1 aromatic heterocycles. The molecule has 2 aromatic carbocycles. The fraction of sp³-hybridized carbons (Fsp3) is 0.150. The predicted octanol–water partition coefficient (Wildman–Crippen LogP) is 4.31. The summed E-state index contributed by atoms with van der Waals surface area (Å²) in [5.74, 6) is -0.469. The Balaban J connectivity index is 1.59. The molecule has 0 spiro atoms. The number of thiazole rings is 1. The van der Waals surface area contributed by atoms with E-state index < -0.39 is 18.0 Å². The highest BCUT2D eigenvalue weighted by Crippen LogP contribution is 2.24. The maximum Gasteiger partial charge on any atom is 0.312 e. The minimum absolute atomic E-state index is 0.0553. The maximum absolute atomic E-state index is 12.3. The minimum atomic E-state index is -0.722. The van der Waals surface area contributed by atoms with Crippen molar-refractivity contribution < 1.29 is 14.3 Å². The van der Waals surface area contributed by atoms with Crippen LogP contribution in [-0.2, 0) is 16.1 Å². The second kappa shape index (κ2) is 9.34. The van der Waals surface area contributed by atoms with Gasteiger partial charge in [-0.25, -0.2) is 9.78 Å². The highest BCUT2D eigenvalue weighted by Gasteiger charge is 2.19. The van der Waals surface area contributed by atoms with Crippen LogP contribution in [0.2, 0.25) is 5.02 Å². The number of nitrogens with zero attached hydrogens (tertiary/aromatic N) is 1. The second-order valence-corrected chi connectivity index (χ2v) is 7.28. The number of nitrogens with one attached hydrogen (secondary N) is 1. The fourth-order valence-corrected chi connectivity index (χ4v) is 3.52. The quantitative estimate of drug-likeness (QED) is 0.562. The Hall–Kier alpha value is -2.90. The second-order valence-electron chi connectivity index (χ2n) is 5.99. The van der Waals surface area contributed by atoms with Crippen LogP contribution in [0, 0.1) is 0 Å². The number of nitrogens with two attached hydrogens (primary N) is 1. The van der Waals surface area contributed by atoms with Gasteiger partial charge in [-0.2, -0.15) is 0 Å². The van der Waals surface area contributed by atoms with E-state index in [4.69, 9.17) is 22.1 Å². The summed E-state index contributed by atoms with van der Waals surface area (Å²) in [6.07, 6.45) is -0.0553. The zero-order valence-electron chi connectivity index (χ0n) is 14.8. The van der Waals surface area contributed by atoms with Crippen molar-refractivity contribution in [2.75, 3.05) is 0 Å². The topological polar surface area (TPSA) is 94.3 Å². The van der Waals surface area contributed by atoms with E-state index in [2.05, 4.69) is 10.3 Å². The van der Waals surface area contributed by atoms with Crippen molar-refractivity contribution in [3.63, 3.8) is 0 Å². The summed E-state index contributed by atoms with van der Waals surface area (Å²) in [5, 5.41) is 5.83. The third-order valence-corrected chi connectivity index (χ3v) is 5.11. The van der Waals surface area contributed by atoms with Gasteiger partial charge in [-0.05, 0) is 17.7 Å². The van der Waals surface area contributed by atoms with E-state index in [9.17, 15) is 9.59 Å². The van der Waals surface area contributed by atoms with Gasteiger partial charge in [0.1, 0.15) is 11.6 Å². The standard InChI is InChI=1S/C20H18ClN3O3S/c21-15-8-6-13(7-9-15)17(24-20(22)26)10-18(25)27-11-16-12-28-19(23-16)14-4-2-1-3-5-14/h1-9,12,17H,10-11H2,(H3,22,24,26)/t17-/m1/s1. The molecular formula is C20H18ClN3O3S. The first-order chi connectivity index (χ1) is 13.5. The van der Waals surface area contributed by atoms with Gasteiger partial charge in [-0.1, -0.05) is 54.1 Å². The molecular weight excluding hydrogens is 398 g/mol. The Morgan fingerprint density at radius 2 is 1.86 bits per heavy atom. The molecule has 6 nitrogen and oxygen atoms in total. The van der Waals surface area contributed by atoms with Crippen molar-refractivity contribution in [3.8, 4) is 10.6 Å². The van der Waals surface area contributed by atoms with Gasteiger partial charge in [0.2, 0.25) is 0 Å². The molecule has 3 rings (SSSR count). The highest BCUT2D eigenvalue weighted by atomic mass is 35.5. The van der Waals surface area contributed by atoms with Gasteiger partial charge in [0.05, 0.1) is 18.2 Å². The summed E-state index contributed by atoms with van der Waals surface area (Å²) in [6.45, 7) is 0.0616. The number of carbonyl (C=O) groups is 2. The summed E-state index contributed by atoms with van der Waals surface area (Å²) in [6, 6.07) is 15.3. The molecule has 1 heterocycles. The van der Waals surface area contributed by atoms with Crippen LogP contribution in [0.25, 0.3) is 10.6 Å². The van der Waals surface area contributed by atoms with Crippen molar-refractivity contribution in [2.24, 2.45) is 5.73 Å². The molecule has 8 heteroatoms. The molecule has 0 aliphatic rings. The number of hydrogen-bond donors (Lipinski definition) is 2. The fourth-order valence-electron chi connectivity index (χ4n) is 2.59. The van der Waals surface area contributed by atoms with Crippen molar-refractivity contribution in [1.82, 2.24) is 10.3 Å². The number of amides is 2. The number of halogens is 1. The molecule has 0 saturated heterocycles. The third kappa shape index (κ3) is 5.55. The number of aromatic nitrogens is 1. The number of primary amides is 1. The first-order valence-electron chi connectivity index (χ1n) is 8.48. The summed E-state index contributed by atoms with van der Waals surface area (Å²) >= 11 is 7.37. The minimum Gasteiger partial charge on any atom is -0.459 e. The van der Waals surface area contributed by atoms with Gasteiger partial charge in [0, 0.05) is 16.0 Å². The Kier molecular flexibility index (Phi) is 6.62. The highest BCUT2D eigenvalue weighted by molar-refractivity contribution is 7.13. The first kappa shape index (κ1) is 19.9. The van der Waals surface area contributed by atoms with Gasteiger partial charge >= 0.3 is 12.0 Å². The molecule has 0 unspecified atom stereocenters. The number of carbonyl (C=O) groups excluding carboxylic acids is 2. The lowest BCUT2D eigenvalue weighted by molar-refractivity contribution is -0.145. The monoisotopic (exact) mass is 415 g/mol. The van der Waals surface area contributed by atoms with Crippen molar-refractivity contribution >= 4 is 34.9 Å². The molecule has 0 aliphatic heterocycles. The van der Waals surface area contributed by atoms with Crippen LogP contribution in [-0.4, -0.2) is 17.0 Å². The van der Waals surface area contributed by atoms with E-state index in [-0.39, 0.29) is 13.0 Å². The summed E-state index contributed by atoms with van der Waals surface area (Å²) in [4.78, 5) is 28.0. The summed E-state index contributed by atoms with van der Waals surface area (Å²) in [5.41, 5.74) is 7.61. The Labute approximate surface area is 171 Å². The normalized spacial score (nSPS) is 11.6. The van der Waals surface area contributed by atoms with Crippen molar-refractivity contribution in [3.05, 3.63) is 76.3 Å². The van der Waals surface area contributed by atoms with Crippen LogP contribution < -0.4 is 11.1 Å². The number of benzene rings is 2. The molecule has 144 valence electrons. The summed E-state index contributed by atoms with van der Waals surface area (Å²) in [7, 11) is 0. The average Bonchev–Trinajstić information content (AvgIpc) is 3.16. The lowest BCUT2D eigenvalue weighted by atomic mass is 10.0. The number of urea groups is 1. The molecule has 1 atom stereocenters. The van der Waals surface area contributed by atoms with Gasteiger partial charge in [-0.3, -0.25) is 4.79 Å². The molecule has 0 saturated carbocycles. The van der Waals surface area contributed by atoms with E-state index in [1.165, 1.54) is 11.3 Å². The Morgan fingerprint density at radius 1 is 1.14 bits per heavy atom. The van der Waals surface area contributed by atoms with Crippen molar-refractivity contribution in [1.29, 1.82) is 0 Å². The third-order valence-electron chi connectivity index (χ3n) is 3.91. The molecule has 0 fully saturated rings. The van der Waals surface area contributed by atoms with Gasteiger partial charge in [-0.15, -0.1) is 11.3 Å². The molecule has 0 radical (unpaired) electrons. The average molecular weight is 416 g/mol. The maximum atomic E-state index is 12.3. The number of rotatable bonds is 7. The Bertz CT molecular complexity index is 945. The van der Waals surface area contributed by atoms with Crippen LogP contribution in [0.1, 0.15) is 23.7 Å². The van der Waals surface area contributed by atoms with E-state index in [1.54, 1.807) is 24.3 Å². The largest absolute Gasteiger partial charge is 0.459 e. The van der Waals surface area contributed by atoms with Crippen LogP contribution in [0.5, 0.6) is 0 Å². The molecule has 2 amide bonds. The predicted molar refractivity (Wildman–Crippen MR) is 109 cm³/mol. The molecule has 3 N–H and O–H groups in total. The van der Waals surface area contributed by atoms with Crippen LogP contribution >= 0.6 is 22.9 Å². The number of ether oxygens (including phenoxy) is 1. The number of esters is 1. The van der Waals surface area contributed by atoms with Gasteiger partial charge in [0.15, 0.2) is 0 Å². The van der Waals surface area contributed by atoms with E-state index >= 15 is 0 Å². The molecule has 3 aromatic rings. The zero-order valence-corrected chi connectivity index (χ0v) is 16.4. The SMILES string of the molecule is NC(=O)N[C@H](CC(=O)OCc1csc(-c2ccccc2)n1)c1ccc(Cl)cc1. The van der Waals surface area contributed by atoms with E-state index in [1.807, 2.05) is 35.7 Å². The van der Waals surface area contributed by atoms with Crippen LogP contribution in [0.15, 0.2) is 60.0 Å². The van der Waals surface area contributed by atoms with E-state index in [0.717, 1.165) is 10.6 Å². The smallest absolute Gasteiger partial charge is 0.312 e. The lowest BCUT2D eigenvalue weighted by Gasteiger charge is -2.17. The number of hydrogen-bond acceptors (Lipinski definition) is 5.